The molecule has 0 saturated carbocycles. The van der Waals surface area contributed by atoms with Gasteiger partial charge in [-0.15, -0.1) is 0 Å². The van der Waals surface area contributed by atoms with E-state index >= 15 is 0 Å². The lowest BCUT2D eigenvalue weighted by Gasteiger charge is -2.01. The Kier molecular flexibility index (Phi) is 2.78. The first-order valence-corrected chi connectivity index (χ1v) is 4.80. The van der Waals surface area contributed by atoms with Gasteiger partial charge in [0, 0.05) is 19.4 Å². The zero-order valence-electron chi connectivity index (χ0n) is 8.11. The van der Waals surface area contributed by atoms with E-state index < -0.39 is 0 Å². The molecular weight excluding hydrogens is 212 g/mol. The first kappa shape index (κ1) is 9.86. The summed E-state index contributed by atoms with van der Waals surface area (Å²) in [5.74, 6) is 1.34. The van der Waals surface area contributed by atoms with Crippen molar-refractivity contribution in [2.75, 3.05) is 12.4 Å². The molecule has 0 spiro atoms. The first-order valence-electron chi connectivity index (χ1n) is 4.42. The van der Waals surface area contributed by atoms with Crippen LogP contribution in [0.1, 0.15) is 0 Å². The van der Waals surface area contributed by atoms with Crippen molar-refractivity contribution in [1.29, 1.82) is 0 Å². The molecule has 2 heterocycles. The number of hydrogen-bond donors (Lipinski definition) is 1. The van der Waals surface area contributed by atoms with Gasteiger partial charge in [0.15, 0.2) is 5.82 Å². The molecule has 2 rings (SSSR count). The number of nitrogens with one attached hydrogen (secondary N) is 1. The molecule has 2 aromatic heterocycles. The van der Waals surface area contributed by atoms with E-state index in [4.69, 9.17) is 11.6 Å². The van der Waals surface area contributed by atoms with Crippen molar-refractivity contribution < 1.29 is 0 Å². The van der Waals surface area contributed by atoms with Crippen LogP contribution in [0.3, 0.4) is 0 Å². The van der Waals surface area contributed by atoms with E-state index in [0.717, 1.165) is 5.82 Å². The number of rotatable bonds is 2. The lowest BCUT2D eigenvalue weighted by atomic mass is 10.3. The highest BCUT2D eigenvalue weighted by Crippen LogP contribution is 2.15. The third-order valence-corrected chi connectivity index (χ3v) is 2.09. The van der Waals surface area contributed by atoms with Gasteiger partial charge >= 0.3 is 0 Å². The molecule has 4 nitrogen and oxygen atoms in total. The molecule has 0 atom stereocenters. The van der Waals surface area contributed by atoms with E-state index in [1.807, 2.05) is 0 Å². The fraction of sp³-hybridized carbons (Fsp3) is 0.100. The average Bonchev–Trinajstić information content (AvgIpc) is 2.30. The Balaban J connectivity index is 2.40. The number of nitrogens with zero attached hydrogens (tertiary/aromatic N) is 3. The van der Waals surface area contributed by atoms with E-state index in [2.05, 4.69) is 20.3 Å². The summed E-state index contributed by atoms with van der Waals surface area (Å²) in [6.07, 6.45) is 3.26. The molecule has 0 saturated heterocycles. The first-order chi connectivity index (χ1) is 7.29. The maximum atomic E-state index is 5.74. The van der Waals surface area contributed by atoms with Crippen LogP contribution in [0.2, 0.25) is 5.02 Å². The Morgan fingerprint density at radius 2 is 2.07 bits per heavy atom. The Morgan fingerprint density at radius 3 is 2.73 bits per heavy atom. The lowest BCUT2D eigenvalue weighted by molar-refractivity contribution is 1.13. The minimum Gasteiger partial charge on any atom is -0.373 e. The maximum Gasteiger partial charge on any atom is 0.180 e. The predicted molar refractivity (Wildman–Crippen MR) is 59.8 cm³/mol. The Morgan fingerprint density at radius 1 is 1.20 bits per heavy atom. The molecule has 0 unspecified atom stereocenters. The van der Waals surface area contributed by atoms with Crippen molar-refractivity contribution in [3.8, 4) is 11.5 Å². The third-order valence-electron chi connectivity index (χ3n) is 1.87. The Bertz CT molecular complexity index is 455. The van der Waals surface area contributed by atoms with Crippen LogP contribution in [0.4, 0.5) is 5.82 Å². The molecule has 76 valence electrons. The minimum atomic E-state index is 0.582. The van der Waals surface area contributed by atoms with Crippen LogP contribution in [0.5, 0.6) is 0 Å². The summed E-state index contributed by atoms with van der Waals surface area (Å²) in [7, 11) is 1.81. The number of anilines is 1. The molecule has 0 bridgehead atoms. The fourth-order valence-electron chi connectivity index (χ4n) is 1.13. The van der Waals surface area contributed by atoms with Crippen molar-refractivity contribution in [2.45, 2.75) is 0 Å². The number of hydrogen-bond acceptors (Lipinski definition) is 4. The van der Waals surface area contributed by atoms with Crippen LogP contribution >= 0.6 is 11.6 Å². The van der Waals surface area contributed by atoms with Crippen molar-refractivity contribution in [3.63, 3.8) is 0 Å². The molecule has 1 N–H and O–H groups in total. The van der Waals surface area contributed by atoms with Gasteiger partial charge in [0.25, 0.3) is 0 Å². The highest BCUT2D eigenvalue weighted by Gasteiger charge is 2.02. The van der Waals surface area contributed by atoms with Gasteiger partial charge in [-0.25, -0.2) is 9.97 Å². The highest BCUT2D eigenvalue weighted by molar-refractivity contribution is 6.30. The smallest absolute Gasteiger partial charge is 0.180 e. The summed E-state index contributed by atoms with van der Waals surface area (Å²) in [5, 5.41) is 3.54. The second-order valence-corrected chi connectivity index (χ2v) is 3.31. The quantitative estimate of drug-likeness (QED) is 0.843. The molecular formula is C10H9ClN4. The third kappa shape index (κ3) is 2.22. The van der Waals surface area contributed by atoms with Crippen LogP contribution in [0.15, 0.2) is 30.6 Å². The monoisotopic (exact) mass is 220 g/mol. The molecule has 0 amide bonds. The molecule has 2 aromatic rings. The zero-order valence-corrected chi connectivity index (χ0v) is 8.86. The fourth-order valence-corrected chi connectivity index (χ4v) is 1.24. The maximum absolute atomic E-state index is 5.74. The van der Waals surface area contributed by atoms with Gasteiger partial charge in [0.1, 0.15) is 11.5 Å². The Labute approximate surface area is 92.4 Å². The van der Waals surface area contributed by atoms with Crippen LogP contribution in [-0.4, -0.2) is 22.0 Å². The van der Waals surface area contributed by atoms with E-state index in [-0.39, 0.29) is 0 Å². The molecule has 0 aliphatic rings. The standard InChI is InChI=1S/C10H9ClN4/c1-12-9-4-5-13-10(15-9)8-3-2-7(11)6-14-8/h2-6H,1H3,(H,12,13,15). The second-order valence-electron chi connectivity index (χ2n) is 2.88. The summed E-state index contributed by atoms with van der Waals surface area (Å²) >= 11 is 5.74. The molecule has 0 aliphatic carbocycles. The van der Waals surface area contributed by atoms with Gasteiger partial charge in [0.2, 0.25) is 0 Å². The van der Waals surface area contributed by atoms with Crippen molar-refractivity contribution >= 4 is 17.4 Å². The van der Waals surface area contributed by atoms with E-state index in [1.165, 1.54) is 0 Å². The molecule has 0 aromatic carbocycles. The molecule has 15 heavy (non-hydrogen) atoms. The second kappa shape index (κ2) is 4.23. The minimum absolute atomic E-state index is 0.582. The van der Waals surface area contributed by atoms with Crippen LogP contribution in [0.25, 0.3) is 11.5 Å². The summed E-state index contributed by atoms with van der Waals surface area (Å²) in [6.45, 7) is 0. The van der Waals surface area contributed by atoms with Gasteiger partial charge < -0.3 is 5.32 Å². The van der Waals surface area contributed by atoms with Crippen molar-refractivity contribution in [3.05, 3.63) is 35.6 Å². The van der Waals surface area contributed by atoms with Gasteiger partial charge in [-0.05, 0) is 18.2 Å². The summed E-state index contributed by atoms with van der Waals surface area (Å²) in [4.78, 5) is 12.5. The molecule has 0 radical (unpaired) electrons. The normalized spacial score (nSPS) is 10.0. The predicted octanol–water partition coefficient (Wildman–Crippen LogP) is 2.23. The molecule has 5 heteroatoms. The van der Waals surface area contributed by atoms with Crippen LogP contribution < -0.4 is 5.32 Å². The number of pyridine rings is 1. The summed E-state index contributed by atoms with van der Waals surface area (Å²) in [6, 6.07) is 5.34. The summed E-state index contributed by atoms with van der Waals surface area (Å²) < 4.78 is 0. The number of aromatic nitrogens is 3. The van der Waals surface area contributed by atoms with Crippen molar-refractivity contribution in [1.82, 2.24) is 15.0 Å². The SMILES string of the molecule is CNc1ccnc(-c2ccc(Cl)cn2)n1. The van der Waals surface area contributed by atoms with Gasteiger partial charge in [-0.2, -0.15) is 0 Å². The van der Waals surface area contributed by atoms with Crippen LogP contribution in [-0.2, 0) is 0 Å². The lowest BCUT2D eigenvalue weighted by Crippen LogP contribution is -1.96. The van der Waals surface area contributed by atoms with Gasteiger partial charge in [-0.3, -0.25) is 4.98 Å². The molecule has 0 aliphatic heterocycles. The van der Waals surface area contributed by atoms with Gasteiger partial charge in [-0.1, -0.05) is 11.6 Å². The number of halogens is 1. The van der Waals surface area contributed by atoms with E-state index in [9.17, 15) is 0 Å². The van der Waals surface area contributed by atoms with Gasteiger partial charge in [0.05, 0.1) is 5.02 Å². The molecule has 0 fully saturated rings. The average molecular weight is 221 g/mol. The zero-order chi connectivity index (χ0) is 10.7. The van der Waals surface area contributed by atoms with Crippen molar-refractivity contribution in [2.24, 2.45) is 0 Å². The topological polar surface area (TPSA) is 50.7 Å². The highest BCUT2D eigenvalue weighted by atomic mass is 35.5. The van der Waals surface area contributed by atoms with E-state index in [0.29, 0.717) is 16.5 Å². The Hall–Kier alpha value is -1.68. The van der Waals surface area contributed by atoms with E-state index in [1.54, 1.807) is 37.6 Å². The summed E-state index contributed by atoms with van der Waals surface area (Å²) in [5.41, 5.74) is 0.705. The van der Waals surface area contributed by atoms with Crippen LogP contribution in [0, 0.1) is 0 Å². The largest absolute Gasteiger partial charge is 0.373 e.